The number of benzene rings is 2. The van der Waals surface area contributed by atoms with E-state index in [1.54, 1.807) is 18.2 Å². The van der Waals surface area contributed by atoms with Crippen LogP contribution in [0.3, 0.4) is 0 Å². The SMILES string of the molecule is CC(C)(C)c1ccc(S(=O)(=O)n2c(=O)[nH]c3cc(N)ccc32)cc1. The van der Waals surface area contributed by atoms with Crippen molar-refractivity contribution in [2.24, 2.45) is 0 Å². The van der Waals surface area contributed by atoms with E-state index in [2.05, 4.69) is 4.98 Å². The van der Waals surface area contributed by atoms with Gasteiger partial charge in [0.2, 0.25) is 0 Å². The van der Waals surface area contributed by atoms with Crippen molar-refractivity contribution in [2.75, 3.05) is 5.73 Å². The minimum Gasteiger partial charge on any atom is -0.399 e. The van der Waals surface area contributed by atoms with Crippen LogP contribution in [0.25, 0.3) is 11.0 Å². The maximum absolute atomic E-state index is 12.9. The molecule has 3 rings (SSSR count). The monoisotopic (exact) mass is 345 g/mol. The van der Waals surface area contributed by atoms with Crippen LogP contribution in [0.2, 0.25) is 0 Å². The molecular formula is C17H19N3O3S. The Kier molecular flexibility index (Phi) is 3.56. The van der Waals surface area contributed by atoms with Gasteiger partial charge < -0.3 is 10.7 Å². The second kappa shape index (κ2) is 5.24. The quantitative estimate of drug-likeness (QED) is 0.697. The lowest BCUT2D eigenvalue weighted by atomic mass is 9.87. The topological polar surface area (TPSA) is 98.0 Å². The first-order valence-corrected chi connectivity index (χ1v) is 8.91. The minimum atomic E-state index is -4.00. The Morgan fingerprint density at radius 3 is 2.25 bits per heavy atom. The third kappa shape index (κ3) is 2.60. The first-order chi connectivity index (χ1) is 11.1. The first-order valence-electron chi connectivity index (χ1n) is 7.47. The molecule has 1 heterocycles. The van der Waals surface area contributed by atoms with E-state index in [9.17, 15) is 13.2 Å². The van der Waals surface area contributed by atoms with E-state index in [0.717, 1.165) is 9.54 Å². The molecule has 24 heavy (non-hydrogen) atoms. The predicted octanol–water partition coefficient (Wildman–Crippen LogP) is 2.45. The zero-order chi connectivity index (χ0) is 17.7. The Balaban J connectivity index is 2.18. The lowest BCUT2D eigenvalue weighted by Gasteiger charge is -2.19. The average molecular weight is 345 g/mol. The smallest absolute Gasteiger partial charge is 0.340 e. The lowest BCUT2D eigenvalue weighted by Crippen LogP contribution is -2.25. The summed E-state index contributed by atoms with van der Waals surface area (Å²) in [5.74, 6) is 0. The maximum Gasteiger partial charge on any atom is 0.340 e. The number of hydrogen-bond donors (Lipinski definition) is 2. The van der Waals surface area contributed by atoms with Gasteiger partial charge in [-0.05, 0) is 41.3 Å². The van der Waals surface area contributed by atoms with Crippen LogP contribution in [-0.2, 0) is 15.4 Å². The van der Waals surface area contributed by atoms with Crippen LogP contribution in [0, 0.1) is 0 Å². The summed E-state index contributed by atoms with van der Waals surface area (Å²) in [6.07, 6.45) is 0. The summed E-state index contributed by atoms with van der Waals surface area (Å²) in [6, 6.07) is 11.2. The number of aromatic amines is 1. The second-order valence-corrected chi connectivity index (χ2v) is 8.54. The predicted molar refractivity (Wildman–Crippen MR) is 94.7 cm³/mol. The van der Waals surface area contributed by atoms with Crippen molar-refractivity contribution in [3.05, 3.63) is 58.5 Å². The van der Waals surface area contributed by atoms with Crippen LogP contribution in [0.5, 0.6) is 0 Å². The second-order valence-electron chi connectivity index (χ2n) is 6.75. The fraction of sp³-hybridized carbons (Fsp3) is 0.235. The average Bonchev–Trinajstić information content (AvgIpc) is 2.82. The van der Waals surface area contributed by atoms with Gasteiger partial charge in [0.25, 0.3) is 10.0 Å². The van der Waals surface area contributed by atoms with E-state index in [0.29, 0.717) is 11.2 Å². The van der Waals surface area contributed by atoms with Crippen molar-refractivity contribution in [1.29, 1.82) is 0 Å². The fourth-order valence-corrected chi connectivity index (χ4v) is 3.95. The van der Waals surface area contributed by atoms with E-state index in [-0.39, 0.29) is 15.8 Å². The zero-order valence-electron chi connectivity index (χ0n) is 13.7. The molecule has 6 nitrogen and oxygen atoms in total. The number of nitrogen functional groups attached to an aromatic ring is 1. The molecule has 0 unspecified atom stereocenters. The summed E-state index contributed by atoms with van der Waals surface area (Å²) in [7, 11) is -4.00. The van der Waals surface area contributed by atoms with Gasteiger partial charge in [0.1, 0.15) is 0 Å². The number of nitrogens with two attached hydrogens (primary N) is 1. The van der Waals surface area contributed by atoms with Gasteiger partial charge in [-0.25, -0.2) is 13.2 Å². The van der Waals surface area contributed by atoms with E-state index < -0.39 is 15.7 Å². The number of hydrogen-bond acceptors (Lipinski definition) is 4. The molecule has 0 amide bonds. The van der Waals surface area contributed by atoms with Gasteiger partial charge in [0, 0.05) is 5.69 Å². The standard InChI is InChI=1S/C17H19N3O3S/c1-17(2,3)11-4-7-13(8-5-11)24(22,23)20-15-9-6-12(18)10-14(15)19-16(20)21/h4-10H,18H2,1-3H3,(H,19,21). The molecule has 0 aliphatic carbocycles. The van der Waals surface area contributed by atoms with Gasteiger partial charge in [0.05, 0.1) is 15.9 Å². The number of fused-ring (bicyclic) bond motifs is 1. The molecule has 3 N–H and O–H groups in total. The van der Waals surface area contributed by atoms with Crippen molar-refractivity contribution >= 4 is 26.7 Å². The maximum atomic E-state index is 12.9. The minimum absolute atomic E-state index is 0.0651. The van der Waals surface area contributed by atoms with Crippen LogP contribution in [0.15, 0.2) is 52.2 Å². The molecule has 2 aromatic carbocycles. The number of anilines is 1. The molecule has 1 aromatic heterocycles. The number of nitrogens with zero attached hydrogens (tertiary/aromatic N) is 1. The van der Waals surface area contributed by atoms with Gasteiger partial charge in [-0.1, -0.05) is 32.9 Å². The Hall–Kier alpha value is -2.54. The van der Waals surface area contributed by atoms with Crippen molar-refractivity contribution < 1.29 is 8.42 Å². The molecule has 0 spiro atoms. The summed E-state index contributed by atoms with van der Waals surface area (Å²) in [5.41, 5.74) is 7.00. The summed E-state index contributed by atoms with van der Waals surface area (Å²) >= 11 is 0. The largest absolute Gasteiger partial charge is 0.399 e. The number of rotatable bonds is 2. The Bertz CT molecular complexity index is 1070. The fourth-order valence-electron chi connectivity index (χ4n) is 2.58. The Morgan fingerprint density at radius 2 is 1.67 bits per heavy atom. The molecule has 0 saturated carbocycles. The van der Waals surface area contributed by atoms with Gasteiger partial charge in [-0.2, -0.15) is 3.97 Å². The third-order valence-corrected chi connectivity index (χ3v) is 5.64. The van der Waals surface area contributed by atoms with Gasteiger partial charge in [-0.15, -0.1) is 0 Å². The molecule has 0 fully saturated rings. The highest BCUT2D eigenvalue weighted by atomic mass is 32.2. The molecule has 126 valence electrons. The van der Waals surface area contributed by atoms with E-state index in [4.69, 9.17) is 5.73 Å². The number of nitrogens with one attached hydrogen (secondary N) is 1. The summed E-state index contributed by atoms with van der Waals surface area (Å²) in [5, 5.41) is 0. The highest BCUT2D eigenvalue weighted by Gasteiger charge is 2.23. The van der Waals surface area contributed by atoms with Crippen LogP contribution in [0.1, 0.15) is 26.3 Å². The first kappa shape index (κ1) is 16.3. The molecular weight excluding hydrogens is 326 g/mol. The van der Waals surface area contributed by atoms with Crippen LogP contribution >= 0.6 is 0 Å². The molecule has 3 aromatic rings. The summed E-state index contributed by atoms with van der Waals surface area (Å²) < 4.78 is 26.5. The number of H-pyrrole nitrogens is 1. The van der Waals surface area contributed by atoms with Crippen LogP contribution in [-0.4, -0.2) is 17.4 Å². The molecule has 7 heteroatoms. The molecule has 0 aliphatic heterocycles. The van der Waals surface area contributed by atoms with Crippen molar-refractivity contribution in [2.45, 2.75) is 31.1 Å². The normalized spacial score (nSPS) is 12.6. The highest BCUT2D eigenvalue weighted by molar-refractivity contribution is 7.90. The van der Waals surface area contributed by atoms with Crippen molar-refractivity contribution in [3.8, 4) is 0 Å². The lowest BCUT2D eigenvalue weighted by molar-refractivity contribution is 0.582. The molecule has 0 atom stereocenters. The molecule has 0 bridgehead atoms. The van der Waals surface area contributed by atoms with Gasteiger partial charge in [-0.3, -0.25) is 0 Å². The summed E-state index contributed by atoms with van der Waals surface area (Å²) in [4.78, 5) is 14.8. The molecule has 0 saturated heterocycles. The van der Waals surface area contributed by atoms with Crippen molar-refractivity contribution in [1.82, 2.24) is 8.96 Å². The summed E-state index contributed by atoms with van der Waals surface area (Å²) in [6.45, 7) is 6.14. The number of imidazole rings is 1. The van der Waals surface area contributed by atoms with E-state index >= 15 is 0 Å². The Morgan fingerprint density at radius 1 is 1.04 bits per heavy atom. The zero-order valence-corrected chi connectivity index (χ0v) is 14.5. The third-order valence-electron chi connectivity index (χ3n) is 3.92. The van der Waals surface area contributed by atoms with Crippen molar-refractivity contribution in [3.63, 3.8) is 0 Å². The van der Waals surface area contributed by atoms with Crippen LogP contribution in [0.4, 0.5) is 5.69 Å². The highest BCUT2D eigenvalue weighted by Crippen LogP contribution is 2.25. The Labute approximate surface area is 140 Å². The number of aromatic nitrogens is 2. The van der Waals surface area contributed by atoms with E-state index in [1.165, 1.54) is 24.3 Å². The van der Waals surface area contributed by atoms with Gasteiger partial charge >= 0.3 is 5.69 Å². The molecule has 0 radical (unpaired) electrons. The van der Waals surface area contributed by atoms with Crippen LogP contribution < -0.4 is 11.4 Å². The van der Waals surface area contributed by atoms with Gasteiger partial charge in [0.15, 0.2) is 0 Å². The van der Waals surface area contributed by atoms with E-state index in [1.807, 2.05) is 20.8 Å². The molecule has 0 aliphatic rings.